The number of esters is 1. The maximum absolute atomic E-state index is 11.9. The summed E-state index contributed by atoms with van der Waals surface area (Å²) in [6.45, 7) is 1.25. The average Bonchev–Trinajstić information content (AvgIpc) is 2.09. The second kappa shape index (κ2) is 5.64. The molecule has 0 heterocycles. The number of nitrogens with one attached hydrogen (secondary N) is 1. The van der Waals surface area contributed by atoms with E-state index in [0.717, 1.165) is 0 Å². The minimum absolute atomic E-state index is 0.233. The summed E-state index contributed by atoms with van der Waals surface area (Å²) < 4.78 is 32.3. The fraction of sp³-hybridized carbons (Fsp3) is 0.667. The normalized spacial score (nSPS) is 13.4. The van der Waals surface area contributed by atoms with Crippen LogP contribution in [0.4, 0.5) is 8.78 Å². The van der Waals surface area contributed by atoms with Crippen LogP contribution in [0.1, 0.15) is 20.8 Å². The molecule has 0 aromatic heterocycles. The van der Waals surface area contributed by atoms with Gasteiger partial charge in [-0.2, -0.15) is 8.78 Å². The van der Waals surface area contributed by atoms with Crippen LogP contribution in [0.2, 0.25) is 0 Å². The van der Waals surface area contributed by atoms with Crippen LogP contribution >= 0.6 is 0 Å². The zero-order chi connectivity index (χ0) is 12.9. The van der Waals surface area contributed by atoms with E-state index < -0.39 is 30.1 Å². The van der Waals surface area contributed by atoms with Crippen molar-refractivity contribution < 1.29 is 27.8 Å². The maximum atomic E-state index is 11.9. The third-order valence-electron chi connectivity index (χ3n) is 1.26. The molecule has 0 aliphatic rings. The number of Topliss-reactive ketones (excluding diaryl/α,β-unsaturated/α-hetero) is 1. The second-order valence-electron chi connectivity index (χ2n) is 3.86. The summed E-state index contributed by atoms with van der Waals surface area (Å²) in [5.74, 6) is -2.42. The molecule has 1 atom stereocenters. The van der Waals surface area contributed by atoms with Crippen LogP contribution in [0.15, 0.2) is 0 Å². The molecule has 92 valence electrons. The number of hydrogen-bond acceptors (Lipinski definition) is 5. The Hall–Kier alpha value is -1.37. The average molecular weight is 237 g/mol. The number of ether oxygens (including phenoxy) is 2. The van der Waals surface area contributed by atoms with E-state index in [2.05, 4.69) is 4.74 Å². The number of alkyl halides is 2. The quantitative estimate of drug-likeness (QED) is 0.442. The van der Waals surface area contributed by atoms with Crippen molar-refractivity contribution in [3.8, 4) is 0 Å². The van der Waals surface area contributed by atoms with E-state index in [1.165, 1.54) is 20.8 Å². The fourth-order valence-electron chi connectivity index (χ4n) is 0.773. The Morgan fingerprint density at radius 1 is 1.31 bits per heavy atom. The van der Waals surface area contributed by atoms with E-state index in [4.69, 9.17) is 10.1 Å². The van der Waals surface area contributed by atoms with Crippen LogP contribution in [-0.2, 0) is 19.1 Å². The molecule has 0 saturated carbocycles. The molecule has 0 radical (unpaired) electrons. The highest BCUT2D eigenvalue weighted by atomic mass is 19.3. The second-order valence-corrected chi connectivity index (χ2v) is 3.86. The summed E-state index contributed by atoms with van der Waals surface area (Å²) in [6.07, 6.45) is -1.85. The summed E-state index contributed by atoms with van der Waals surface area (Å²) in [5.41, 5.74) is -0.927. The van der Waals surface area contributed by atoms with Crippen molar-refractivity contribution in [1.82, 2.24) is 0 Å². The predicted octanol–water partition coefficient (Wildman–Crippen LogP) is 1.15. The number of ketones is 1. The van der Waals surface area contributed by atoms with Gasteiger partial charge in [0.25, 0.3) is 0 Å². The van der Waals surface area contributed by atoms with Crippen molar-refractivity contribution in [2.24, 2.45) is 0 Å². The van der Waals surface area contributed by atoms with Gasteiger partial charge in [-0.15, -0.1) is 0 Å². The lowest BCUT2D eigenvalue weighted by Crippen LogP contribution is -2.40. The molecular formula is C9H13F2NO4. The van der Waals surface area contributed by atoms with Crippen molar-refractivity contribution in [2.75, 3.05) is 0 Å². The van der Waals surface area contributed by atoms with Gasteiger partial charge in [-0.25, -0.2) is 4.79 Å². The lowest BCUT2D eigenvalue weighted by atomic mass is 10.2. The molecule has 0 aromatic carbocycles. The number of carbonyl (C=O) groups excluding carboxylic acids is 2. The molecule has 0 spiro atoms. The van der Waals surface area contributed by atoms with E-state index in [9.17, 15) is 18.4 Å². The largest absolute Gasteiger partial charge is 0.458 e. The van der Waals surface area contributed by atoms with Crippen LogP contribution in [0.25, 0.3) is 0 Å². The van der Waals surface area contributed by atoms with Gasteiger partial charge in [-0.05, 0) is 20.8 Å². The lowest BCUT2D eigenvalue weighted by Gasteiger charge is -2.22. The van der Waals surface area contributed by atoms with E-state index in [-0.39, 0.29) is 6.21 Å². The van der Waals surface area contributed by atoms with Crippen molar-refractivity contribution in [3.05, 3.63) is 0 Å². The first-order chi connectivity index (χ1) is 7.17. The summed E-state index contributed by atoms with van der Waals surface area (Å²) in [6, 6.07) is 0. The highest BCUT2D eigenvalue weighted by Gasteiger charge is 2.33. The van der Waals surface area contributed by atoms with E-state index in [1.54, 1.807) is 0 Å². The van der Waals surface area contributed by atoms with Gasteiger partial charge >= 0.3 is 12.6 Å². The maximum Gasteiger partial charge on any atom is 0.346 e. The number of halogens is 2. The molecule has 0 bridgehead atoms. The Labute approximate surface area is 91.2 Å². The first-order valence-electron chi connectivity index (χ1n) is 4.38. The predicted molar refractivity (Wildman–Crippen MR) is 50.5 cm³/mol. The molecule has 0 aliphatic heterocycles. The summed E-state index contributed by atoms with van der Waals surface area (Å²) >= 11 is 0. The SMILES string of the molecule is CC(C)(C)OC(=O)C(OC(F)F)C(=O)C=N. The van der Waals surface area contributed by atoms with Gasteiger partial charge in [-0.3, -0.25) is 9.53 Å². The van der Waals surface area contributed by atoms with Gasteiger partial charge in [0, 0.05) is 0 Å². The standard InChI is InChI=1S/C9H13F2NO4/c1-9(2,3)16-7(14)6(5(13)4-12)15-8(10)11/h4,6,8,12H,1-3H3. The van der Waals surface area contributed by atoms with Gasteiger partial charge in [0.15, 0.2) is 0 Å². The summed E-state index contributed by atoms with van der Waals surface area (Å²) in [5, 5.41) is 6.60. The first kappa shape index (κ1) is 14.6. The number of carbonyl (C=O) groups is 2. The summed E-state index contributed by atoms with van der Waals surface area (Å²) in [4.78, 5) is 22.3. The molecule has 0 rings (SSSR count). The van der Waals surface area contributed by atoms with Gasteiger partial charge < -0.3 is 10.1 Å². The Morgan fingerprint density at radius 3 is 2.12 bits per heavy atom. The fourth-order valence-corrected chi connectivity index (χ4v) is 0.773. The van der Waals surface area contributed by atoms with E-state index >= 15 is 0 Å². The van der Waals surface area contributed by atoms with E-state index in [0.29, 0.717) is 0 Å². The molecule has 7 heteroatoms. The number of rotatable bonds is 5. The van der Waals surface area contributed by atoms with Gasteiger partial charge in [0.1, 0.15) is 5.60 Å². The highest BCUT2D eigenvalue weighted by molar-refractivity contribution is 6.33. The van der Waals surface area contributed by atoms with Gasteiger partial charge in [-0.1, -0.05) is 0 Å². The van der Waals surface area contributed by atoms with Crippen molar-refractivity contribution >= 4 is 18.0 Å². The van der Waals surface area contributed by atoms with Gasteiger partial charge in [0.2, 0.25) is 11.9 Å². The van der Waals surface area contributed by atoms with Crippen LogP contribution in [0.3, 0.4) is 0 Å². The zero-order valence-corrected chi connectivity index (χ0v) is 9.12. The zero-order valence-electron chi connectivity index (χ0n) is 9.12. The Balaban J connectivity index is 4.69. The summed E-state index contributed by atoms with van der Waals surface area (Å²) in [7, 11) is 0. The molecule has 0 amide bonds. The highest BCUT2D eigenvalue weighted by Crippen LogP contribution is 2.12. The third-order valence-corrected chi connectivity index (χ3v) is 1.26. The third kappa shape index (κ3) is 5.50. The molecule has 0 fully saturated rings. The minimum Gasteiger partial charge on any atom is -0.458 e. The molecule has 0 aromatic rings. The lowest BCUT2D eigenvalue weighted by molar-refractivity contribution is -0.197. The van der Waals surface area contributed by atoms with Crippen LogP contribution in [0, 0.1) is 5.41 Å². The molecule has 0 saturated heterocycles. The molecule has 1 N–H and O–H groups in total. The van der Waals surface area contributed by atoms with Crippen LogP contribution < -0.4 is 0 Å². The molecule has 5 nitrogen and oxygen atoms in total. The Kier molecular flexibility index (Phi) is 5.16. The van der Waals surface area contributed by atoms with Crippen LogP contribution in [-0.4, -0.2) is 36.3 Å². The van der Waals surface area contributed by atoms with Crippen molar-refractivity contribution in [1.29, 1.82) is 5.41 Å². The monoisotopic (exact) mass is 237 g/mol. The number of hydrogen-bond donors (Lipinski definition) is 1. The first-order valence-corrected chi connectivity index (χ1v) is 4.38. The molecular weight excluding hydrogens is 224 g/mol. The van der Waals surface area contributed by atoms with E-state index in [1.807, 2.05) is 0 Å². The minimum atomic E-state index is -3.29. The Morgan fingerprint density at radius 2 is 1.81 bits per heavy atom. The van der Waals surface area contributed by atoms with Crippen LogP contribution in [0.5, 0.6) is 0 Å². The molecule has 1 unspecified atom stereocenters. The molecule has 16 heavy (non-hydrogen) atoms. The van der Waals surface area contributed by atoms with Gasteiger partial charge in [0.05, 0.1) is 6.21 Å². The smallest absolute Gasteiger partial charge is 0.346 e. The van der Waals surface area contributed by atoms with Crippen molar-refractivity contribution in [2.45, 2.75) is 39.1 Å². The topological polar surface area (TPSA) is 76.5 Å². The van der Waals surface area contributed by atoms with Crippen molar-refractivity contribution in [3.63, 3.8) is 0 Å². The Bertz CT molecular complexity index is 286. The molecule has 0 aliphatic carbocycles.